The largest absolute Gasteiger partial charge is 0.457 e. The van der Waals surface area contributed by atoms with Crippen molar-refractivity contribution in [3.8, 4) is 11.5 Å². The van der Waals surface area contributed by atoms with E-state index < -0.39 is 61.2 Å². The van der Waals surface area contributed by atoms with Crippen LogP contribution in [0.15, 0.2) is 60.0 Å². The number of hydrogen-bond donors (Lipinski definition) is 4. The third-order valence-corrected chi connectivity index (χ3v) is 7.29. The van der Waals surface area contributed by atoms with Crippen LogP contribution in [0, 0.1) is 17.1 Å². The fraction of sp³-hybridized carbons (Fsp3) is 0.259. The van der Waals surface area contributed by atoms with Crippen LogP contribution in [0.25, 0.3) is 0 Å². The number of nitrogens with two attached hydrogens (primary N) is 1. The van der Waals surface area contributed by atoms with Gasteiger partial charge < -0.3 is 26.0 Å². The lowest BCUT2D eigenvalue weighted by Gasteiger charge is -2.24. The molecule has 0 bridgehead atoms. The van der Waals surface area contributed by atoms with Gasteiger partial charge in [-0.05, 0) is 61.0 Å². The first-order valence-electron chi connectivity index (χ1n) is 12.3. The van der Waals surface area contributed by atoms with Gasteiger partial charge >= 0.3 is 6.18 Å². The average Bonchev–Trinajstić information content (AvgIpc) is 3.60. The Labute approximate surface area is 235 Å². The number of carbonyl (C=O) groups excluding carboxylic acids is 3. The molecule has 1 aliphatic heterocycles. The molecule has 0 aliphatic carbocycles. The Morgan fingerprint density at radius 1 is 1.02 bits per heavy atom. The normalized spacial score (nSPS) is 16.7. The van der Waals surface area contributed by atoms with Gasteiger partial charge in [-0.2, -0.15) is 13.2 Å². The maximum absolute atomic E-state index is 13.5. The zero-order valence-corrected chi connectivity index (χ0v) is 22.2. The summed E-state index contributed by atoms with van der Waals surface area (Å²) < 4.78 is 59.1. The molecule has 1 saturated heterocycles. The van der Waals surface area contributed by atoms with E-state index in [1.165, 1.54) is 59.9 Å². The SMILES string of the molecule is N=C(N)c1csc(CNC(=O)[C@@H]2C[C@H](C(F)(F)F)CN2C(=O)CNC(=O)c2ccc(Oc3ccc(F)cc3)cc2)c1. The minimum absolute atomic E-state index is 0.0103. The molecule has 9 nitrogen and oxygen atoms in total. The molecule has 5 N–H and O–H groups in total. The number of hydrogen-bond acceptors (Lipinski definition) is 6. The third kappa shape index (κ3) is 7.60. The zero-order chi connectivity index (χ0) is 29.7. The van der Waals surface area contributed by atoms with Crippen molar-refractivity contribution in [1.82, 2.24) is 15.5 Å². The summed E-state index contributed by atoms with van der Waals surface area (Å²) >= 11 is 1.22. The highest BCUT2D eigenvalue weighted by atomic mass is 32.1. The number of nitrogens with zero attached hydrogens (tertiary/aromatic N) is 1. The van der Waals surface area contributed by atoms with Crippen LogP contribution in [0.2, 0.25) is 0 Å². The highest BCUT2D eigenvalue weighted by molar-refractivity contribution is 7.10. The molecule has 0 unspecified atom stereocenters. The average molecular weight is 592 g/mol. The molecule has 1 aliphatic rings. The maximum Gasteiger partial charge on any atom is 0.393 e. The van der Waals surface area contributed by atoms with Gasteiger partial charge in [-0.3, -0.25) is 19.8 Å². The van der Waals surface area contributed by atoms with Crippen molar-refractivity contribution in [3.05, 3.63) is 81.8 Å². The first-order valence-corrected chi connectivity index (χ1v) is 13.2. The van der Waals surface area contributed by atoms with Gasteiger partial charge in [0.05, 0.1) is 19.0 Å². The van der Waals surface area contributed by atoms with Gasteiger partial charge in [0.15, 0.2) is 0 Å². The van der Waals surface area contributed by atoms with E-state index in [1.807, 2.05) is 0 Å². The maximum atomic E-state index is 13.5. The molecule has 3 aromatic rings. The molecule has 0 saturated carbocycles. The molecule has 1 fully saturated rings. The van der Waals surface area contributed by atoms with E-state index in [-0.39, 0.29) is 17.9 Å². The van der Waals surface area contributed by atoms with E-state index in [1.54, 1.807) is 11.4 Å². The molecule has 41 heavy (non-hydrogen) atoms. The quantitative estimate of drug-likeness (QED) is 0.171. The van der Waals surface area contributed by atoms with E-state index in [0.717, 1.165) is 4.90 Å². The second kappa shape index (κ2) is 12.4. The molecule has 0 radical (unpaired) electrons. The fourth-order valence-electron chi connectivity index (χ4n) is 4.18. The summed E-state index contributed by atoms with van der Waals surface area (Å²) in [4.78, 5) is 39.8. The van der Waals surface area contributed by atoms with Crippen molar-refractivity contribution >= 4 is 34.9 Å². The Morgan fingerprint density at radius 3 is 2.24 bits per heavy atom. The Morgan fingerprint density at radius 2 is 1.66 bits per heavy atom. The van der Waals surface area contributed by atoms with Gasteiger partial charge in [0, 0.05) is 27.9 Å². The van der Waals surface area contributed by atoms with E-state index in [4.69, 9.17) is 15.9 Å². The van der Waals surface area contributed by atoms with Gasteiger partial charge in [-0.25, -0.2) is 4.39 Å². The first-order chi connectivity index (χ1) is 19.4. The van der Waals surface area contributed by atoms with Gasteiger partial charge in [-0.15, -0.1) is 11.3 Å². The van der Waals surface area contributed by atoms with E-state index in [9.17, 15) is 31.9 Å². The highest BCUT2D eigenvalue weighted by Crippen LogP contribution is 2.36. The molecule has 14 heteroatoms. The summed E-state index contributed by atoms with van der Waals surface area (Å²) in [6.07, 6.45) is -5.22. The molecule has 216 valence electrons. The number of nitrogens with one attached hydrogen (secondary N) is 3. The molecule has 2 atom stereocenters. The van der Waals surface area contributed by atoms with Crippen molar-refractivity contribution in [2.24, 2.45) is 11.7 Å². The number of halogens is 4. The topological polar surface area (TPSA) is 138 Å². The van der Waals surface area contributed by atoms with Gasteiger partial charge in [0.25, 0.3) is 5.91 Å². The molecule has 3 amide bonds. The summed E-state index contributed by atoms with van der Waals surface area (Å²) in [6.45, 7) is -1.34. The fourth-order valence-corrected chi connectivity index (χ4v) is 5.00. The Bertz CT molecular complexity index is 1430. The number of rotatable bonds is 9. The summed E-state index contributed by atoms with van der Waals surface area (Å²) in [6, 6.07) is 11.4. The lowest BCUT2D eigenvalue weighted by atomic mass is 10.0. The van der Waals surface area contributed by atoms with Crippen molar-refractivity contribution in [3.63, 3.8) is 0 Å². The van der Waals surface area contributed by atoms with Gasteiger partial charge in [0.1, 0.15) is 29.2 Å². The van der Waals surface area contributed by atoms with Crippen molar-refractivity contribution in [2.75, 3.05) is 13.1 Å². The van der Waals surface area contributed by atoms with Crippen LogP contribution < -0.4 is 21.1 Å². The number of carbonyl (C=O) groups is 3. The number of benzene rings is 2. The van der Waals surface area contributed by atoms with Crippen LogP contribution in [0.1, 0.15) is 27.2 Å². The van der Waals surface area contributed by atoms with E-state index in [0.29, 0.717) is 21.9 Å². The molecule has 2 aromatic carbocycles. The van der Waals surface area contributed by atoms with Gasteiger partial charge in [-0.1, -0.05) is 0 Å². The Balaban J connectivity index is 1.35. The van der Waals surface area contributed by atoms with Crippen LogP contribution in [-0.4, -0.2) is 53.8 Å². The van der Waals surface area contributed by atoms with Crippen LogP contribution in [0.5, 0.6) is 11.5 Å². The molecule has 4 rings (SSSR count). The molecular formula is C27H25F4N5O4S. The zero-order valence-electron chi connectivity index (χ0n) is 21.3. The summed E-state index contributed by atoms with van der Waals surface area (Å²) in [7, 11) is 0. The number of amides is 3. The minimum atomic E-state index is -4.61. The number of likely N-dealkylation sites (tertiary alicyclic amines) is 1. The third-order valence-electron chi connectivity index (χ3n) is 6.35. The molecule has 1 aromatic heterocycles. The van der Waals surface area contributed by atoms with Crippen molar-refractivity contribution in [1.29, 1.82) is 5.41 Å². The Kier molecular flexibility index (Phi) is 8.91. The second-order valence-electron chi connectivity index (χ2n) is 9.23. The predicted molar refractivity (Wildman–Crippen MR) is 142 cm³/mol. The Hall–Kier alpha value is -4.46. The number of amidine groups is 1. The first kappa shape index (κ1) is 29.5. The smallest absolute Gasteiger partial charge is 0.393 e. The van der Waals surface area contributed by atoms with Crippen LogP contribution in [0.4, 0.5) is 17.6 Å². The number of ether oxygens (including phenoxy) is 1. The number of nitrogen functional groups attached to an aromatic ring is 1. The van der Waals surface area contributed by atoms with Crippen molar-refractivity contribution < 1.29 is 36.7 Å². The van der Waals surface area contributed by atoms with Crippen LogP contribution in [-0.2, 0) is 16.1 Å². The standard InChI is InChI=1S/C27H25F4N5O4S/c28-18-3-7-20(8-4-18)40-19-5-1-15(2-6-19)25(38)35-12-23(37)36-13-17(27(29,30)31)10-22(36)26(39)34-11-21-9-16(14-41-21)24(32)33/h1-9,14,17,22H,10-13H2,(H3,32,33)(H,34,39)(H,35,38)/t17-,22-/m0/s1. The molecular weight excluding hydrogens is 566 g/mol. The van der Waals surface area contributed by atoms with E-state index >= 15 is 0 Å². The molecule has 2 heterocycles. The van der Waals surface area contributed by atoms with Crippen LogP contribution in [0.3, 0.4) is 0 Å². The summed E-state index contributed by atoms with van der Waals surface area (Å²) in [5, 5.41) is 14.0. The number of thiophene rings is 1. The highest BCUT2D eigenvalue weighted by Gasteiger charge is 2.50. The summed E-state index contributed by atoms with van der Waals surface area (Å²) in [5.74, 6) is -3.97. The van der Waals surface area contributed by atoms with Gasteiger partial charge in [0.2, 0.25) is 11.8 Å². The lowest BCUT2D eigenvalue weighted by molar-refractivity contribution is -0.171. The predicted octanol–water partition coefficient (Wildman–Crippen LogP) is 3.79. The minimum Gasteiger partial charge on any atom is -0.457 e. The second-order valence-corrected chi connectivity index (χ2v) is 10.2. The number of alkyl halides is 3. The van der Waals surface area contributed by atoms with E-state index in [2.05, 4.69) is 10.6 Å². The van der Waals surface area contributed by atoms with Crippen molar-refractivity contribution in [2.45, 2.75) is 25.2 Å². The summed E-state index contributed by atoms with van der Waals surface area (Å²) in [5.41, 5.74) is 6.04. The van der Waals surface area contributed by atoms with Crippen LogP contribution >= 0.6 is 11.3 Å². The lowest BCUT2D eigenvalue weighted by Crippen LogP contribution is -2.48. The monoisotopic (exact) mass is 591 g/mol. The molecule has 0 spiro atoms.